The molecule has 0 aromatic heterocycles. The number of nitrogens with one attached hydrogen (secondary N) is 1. The summed E-state index contributed by atoms with van der Waals surface area (Å²) in [6.45, 7) is 5.31. The second kappa shape index (κ2) is 7.13. The van der Waals surface area contributed by atoms with Gasteiger partial charge in [-0.15, -0.1) is 0 Å². The van der Waals surface area contributed by atoms with Gasteiger partial charge in [-0.2, -0.15) is 13.2 Å². The Morgan fingerprint density at radius 2 is 1.67 bits per heavy atom. The number of anilines is 1. The first kappa shape index (κ1) is 16.1. The molecule has 0 spiro atoms. The Hall–Kier alpha value is -1.27. The largest absolute Gasteiger partial charge is 0.401 e. The molecule has 118 valence electrons. The highest BCUT2D eigenvalue weighted by Gasteiger charge is 2.31. The smallest absolute Gasteiger partial charge is 0.384 e. The topological polar surface area (TPSA) is 18.5 Å². The van der Waals surface area contributed by atoms with E-state index < -0.39 is 12.7 Å². The molecule has 1 aromatic rings. The van der Waals surface area contributed by atoms with E-state index in [0.717, 1.165) is 18.8 Å². The predicted molar refractivity (Wildman–Crippen MR) is 78.6 cm³/mol. The van der Waals surface area contributed by atoms with Crippen molar-refractivity contribution < 1.29 is 13.2 Å². The fourth-order valence-corrected chi connectivity index (χ4v) is 2.54. The van der Waals surface area contributed by atoms with Gasteiger partial charge >= 0.3 is 6.18 Å². The molecule has 1 aromatic carbocycles. The Kier molecular flexibility index (Phi) is 5.47. The first-order valence-corrected chi connectivity index (χ1v) is 7.25. The van der Waals surface area contributed by atoms with Gasteiger partial charge in [0.1, 0.15) is 0 Å². The van der Waals surface area contributed by atoms with Gasteiger partial charge in [-0.3, -0.25) is 9.80 Å². The summed E-state index contributed by atoms with van der Waals surface area (Å²) in [6.07, 6.45) is -4.09. The molecule has 2 rings (SSSR count). The van der Waals surface area contributed by atoms with Gasteiger partial charge in [0.15, 0.2) is 0 Å². The van der Waals surface area contributed by atoms with E-state index in [-0.39, 0.29) is 0 Å². The molecule has 1 aliphatic rings. The highest BCUT2D eigenvalue weighted by molar-refractivity contribution is 5.50. The van der Waals surface area contributed by atoms with Crippen LogP contribution in [0.4, 0.5) is 18.9 Å². The van der Waals surface area contributed by atoms with E-state index in [1.807, 2.05) is 18.2 Å². The maximum Gasteiger partial charge on any atom is 0.401 e. The molecule has 1 fully saturated rings. The van der Waals surface area contributed by atoms with E-state index in [1.54, 1.807) is 0 Å². The Morgan fingerprint density at radius 1 is 1.05 bits per heavy atom. The third-order valence-electron chi connectivity index (χ3n) is 3.76. The van der Waals surface area contributed by atoms with Gasteiger partial charge in [0, 0.05) is 45.0 Å². The van der Waals surface area contributed by atoms with Crippen molar-refractivity contribution in [1.82, 2.24) is 9.80 Å². The number of hydrogen-bond donors (Lipinski definition) is 1. The average molecular weight is 301 g/mol. The Labute approximate surface area is 123 Å². The van der Waals surface area contributed by atoms with E-state index in [0.29, 0.717) is 26.2 Å². The predicted octanol–water partition coefficient (Wildman–Crippen LogP) is 2.59. The van der Waals surface area contributed by atoms with Crippen LogP contribution in [0.25, 0.3) is 0 Å². The SMILES string of the molecule is Cc1ccccc1NCCN1CCN(CC(F)(F)F)CC1. The van der Waals surface area contributed by atoms with Crippen LogP contribution in [0.2, 0.25) is 0 Å². The second-order valence-electron chi connectivity index (χ2n) is 5.47. The van der Waals surface area contributed by atoms with Crippen molar-refractivity contribution in [3.8, 4) is 0 Å². The summed E-state index contributed by atoms with van der Waals surface area (Å²) in [4.78, 5) is 3.68. The number of hydrogen-bond acceptors (Lipinski definition) is 3. The highest BCUT2D eigenvalue weighted by Crippen LogP contribution is 2.17. The van der Waals surface area contributed by atoms with Crippen molar-refractivity contribution in [2.24, 2.45) is 0 Å². The van der Waals surface area contributed by atoms with Gasteiger partial charge in [0.2, 0.25) is 0 Å². The minimum absolute atomic E-state index is 0.490. The molecule has 0 bridgehead atoms. The first-order chi connectivity index (χ1) is 9.94. The molecule has 0 aliphatic carbocycles. The number of piperazine rings is 1. The number of halogens is 3. The summed E-state index contributed by atoms with van der Waals surface area (Å²) in [5, 5.41) is 3.37. The molecule has 1 N–H and O–H groups in total. The van der Waals surface area contributed by atoms with Gasteiger partial charge in [0.25, 0.3) is 0 Å². The normalized spacial score (nSPS) is 17.9. The van der Waals surface area contributed by atoms with Gasteiger partial charge in [-0.05, 0) is 18.6 Å². The van der Waals surface area contributed by atoms with Gasteiger partial charge in [-0.1, -0.05) is 18.2 Å². The van der Waals surface area contributed by atoms with E-state index in [9.17, 15) is 13.2 Å². The number of nitrogens with zero attached hydrogens (tertiary/aromatic N) is 2. The zero-order valence-electron chi connectivity index (χ0n) is 12.3. The molecule has 0 amide bonds. The van der Waals surface area contributed by atoms with Gasteiger partial charge in [-0.25, -0.2) is 0 Å². The number of aryl methyl sites for hydroxylation is 1. The maximum absolute atomic E-state index is 12.3. The van der Waals surface area contributed by atoms with Crippen molar-refractivity contribution in [1.29, 1.82) is 0 Å². The summed E-state index contributed by atoms with van der Waals surface area (Å²) < 4.78 is 36.9. The zero-order valence-corrected chi connectivity index (χ0v) is 12.3. The molecular formula is C15H22F3N3. The second-order valence-corrected chi connectivity index (χ2v) is 5.47. The van der Waals surface area contributed by atoms with Crippen molar-refractivity contribution in [3.63, 3.8) is 0 Å². The van der Waals surface area contributed by atoms with Crippen molar-refractivity contribution in [2.45, 2.75) is 13.1 Å². The van der Waals surface area contributed by atoms with Crippen LogP contribution in [0, 0.1) is 6.92 Å². The fraction of sp³-hybridized carbons (Fsp3) is 0.600. The van der Waals surface area contributed by atoms with Crippen molar-refractivity contribution in [3.05, 3.63) is 29.8 Å². The molecular weight excluding hydrogens is 279 g/mol. The maximum atomic E-state index is 12.3. The van der Waals surface area contributed by atoms with Crippen LogP contribution in [0.15, 0.2) is 24.3 Å². The van der Waals surface area contributed by atoms with Crippen LogP contribution >= 0.6 is 0 Å². The lowest BCUT2D eigenvalue weighted by Crippen LogP contribution is -2.50. The molecule has 1 aliphatic heterocycles. The third-order valence-corrected chi connectivity index (χ3v) is 3.76. The standard InChI is InChI=1S/C15H22F3N3/c1-13-4-2-3-5-14(13)19-6-7-20-8-10-21(11-9-20)12-15(16,17)18/h2-5,19H,6-12H2,1H3. The molecule has 21 heavy (non-hydrogen) atoms. The van der Waals surface area contributed by atoms with Crippen molar-refractivity contribution in [2.75, 3.05) is 51.1 Å². The molecule has 1 heterocycles. The van der Waals surface area contributed by atoms with Crippen LogP contribution in [-0.4, -0.2) is 61.8 Å². The quantitative estimate of drug-likeness (QED) is 0.902. The Morgan fingerprint density at radius 3 is 2.29 bits per heavy atom. The highest BCUT2D eigenvalue weighted by atomic mass is 19.4. The summed E-state index contributed by atoms with van der Waals surface area (Å²) in [6, 6.07) is 8.08. The Bertz CT molecular complexity index is 440. The summed E-state index contributed by atoms with van der Waals surface area (Å²) >= 11 is 0. The lowest BCUT2D eigenvalue weighted by Gasteiger charge is -2.35. The van der Waals surface area contributed by atoms with E-state index in [1.165, 1.54) is 10.5 Å². The zero-order chi connectivity index (χ0) is 15.3. The molecule has 0 atom stereocenters. The monoisotopic (exact) mass is 301 g/mol. The lowest BCUT2D eigenvalue weighted by atomic mass is 10.2. The average Bonchev–Trinajstić information content (AvgIpc) is 2.41. The molecule has 3 nitrogen and oxygen atoms in total. The number of rotatable bonds is 5. The van der Waals surface area contributed by atoms with E-state index in [4.69, 9.17) is 0 Å². The molecule has 0 saturated carbocycles. The summed E-state index contributed by atoms with van der Waals surface area (Å²) in [5.41, 5.74) is 2.32. The van der Waals surface area contributed by atoms with Gasteiger partial charge < -0.3 is 5.32 Å². The third kappa shape index (κ3) is 5.55. The van der Waals surface area contributed by atoms with Gasteiger partial charge in [0.05, 0.1) is 6.54 Å². The molecule has 0 radical (unpaired) electrons. The van der Waals surface area contributed by atoms with Crippen molar-refractivity contribution >= 4 is 5.69 Å². The van der Waals surface area contributed by atoms with Crippen LogP contribution in [0.5, 0.6) is 0 Å². The van der Waals surface area contributed by atoms with E-state index >= 15 is 0 Å². The molecule has 6 heteroatoms. The van der Waals surface area contributed by atoms with E-state index in [2.05, 4.69) is 23.2 Å². The van der Waals surface area contributed by atoms with Crippen LogP contribution < -0.4 is 5.32 Å². The summed E-state index contributed by atoms with van der Waals surface area (Å²) in [5.74, 6) is 0. The van der Waals surface area contributed by atoms with Crippen LogP contribution in [0.1, 0.15) is 5.56 Å². The minimum Gasteiger partial charge on any atom is -0.384 e. The molecule has 0 unspecified atom stereocenters. The summed E-state index contributed by atoms with van der Waals surface area (Å²) in [7, 11) is 0. The minimum atomic E-state index is -4.09. The number of para-hydroxylation sites is 1. The van der Waals surface area contributed by atoms with Crippen LogP contribution in [-0.2, 0) is 0 Å². The number of alkyl halides is 3. The fourth-order valence-electron chi connectivity index (χ4n) is 2.54. The lowest BCUT2D eigenvalue weighted by molar-refractivity contribution is -0.149. The van der Waals surface area contributed by atoms with Crippen LogP contribution in [0.3, 0.4) is 0 Å². The first-order valence-electron chi connectivity index (χ1n) is 7.25. The number of benzene rings is 1. The Balaban J connectivity index is 1.66. The molecule has 1 saturated heterocycles.